The predicted molar refractivity (Wildman–Crippen MR) is 44.9 cm³/mol. The van der Waals surface area contributed by atoms with Crippen LogP contribution in [-0.4, -0.2) is 23.4 Å². The molecule has 9 heavy (non-hydrogen) atoms. The van der Waals surface area contributed by atoms with Gasteiger partial charge >= 0.3 is 0 Å². The molecule has 3 heteroatoms. The lowest BCUT2D eigenvalue weighted by Crippen LogP contribution is -2.20. The smallest absolute Gasteiger partial charge is 0.216 e. The molecule has 0 saturated carbocycles. The molecule has 0 fully saturated rings. The maximum Gasteiger partial charge on any atom is 0.216 e. The average Bonchev–Trinajstić information content (AvgIpc) is 1.66. The lowest BCUT2D eigenvalue weighted by molar-refractivity contribution is -0.118. The Morgan fingerprint density at radius 1 is 1.56 bits per heavy atom. The van der Waals surface area contributed by atoms with Crippen LogP contribution in [0.25, 0.3) is 0 Å². The summed E-state index contributed by atoms with van der Waals surface area (Å²) >= 11 is 0. The van der Waals surface area contributed by atoms with Crippen molar-refractivity contribution < 1.29 is 4.79 Å². The van der Waals surface area contributed by atoms with E-state index in [0.717, 1.165) is 19.4 Å². The van der Waals surface area contributed by atoms with Crippen molar-refractivity contribution in [2.24, 2.45) is 0 Å². The van der Waals surface area contributed by atoms with E-state index < -0.39 is 0 Å². The van der Waals surface area contributed by atoms with E-state index in [9.17, 15) is 4.79 Å². The van der Waals surface area contributed by atoms with Crippen LogP contribution < -0.4 is 5.32 Å². The SMILES string of the molecule is CCCCNC(C)=O.[SiH4]. The highest BCUT2D eigenvalue weighted by atomic mass is 28.1. The van der Waals surface area contributed by atoms with Crippen LogP contribution in [0.3, 0.4) is 0 Å². The van der Waals surface area contributed by atoms with Crippen molar-refractivity contribution >= 4 is 16.9 Å². The standard InChI is InChI=1S/C6H13NO.H4Si/c1-3-4-5-7-6(2)8;/h3-5H2,1-2H3,(H,7,8);1H4. The summed E-state index contributed by atoms with van der Waals surface area (Å²) in [7, 11) is 0. The molecular weight excluding hydrogens is 130 g/mol. The van der Waals surface area contributed by atoms with Gasteiger partial charge in [-0.2, -0.15) is 0 Å². The fourth-order valence-electron chi connectivity index (χ4n) is 0.441. The summed E-state index contributed by atoms with van der Waals surface area (Å²) in [5, 5.41) is 2.71. The molecule has 0 bridgehead atoms. The lowest BCUT2D eigenvalue weighted by Gasteiger charge is -1.96. The summed E-state index contributed by atoms with van der Waals surface area (Å²) in [4.78, 5) is 10.2. The number of rotatable bonds is 3. The molecule has 0 unspecified atom stereocenters. The van der Waals surface area contributed by atoms with E-state index in [0.29, 0.717) is 0 Å². The molecule has 0 aromatic rings. The van der Waals surface area contributed by atoms with Crippen molar-refractivity contribution in [3.05, 3.63) is 0 Å². The van der Waals surface area contributed by atoms with Gasteiger partial charge in [0.2, 0.25) is 5.91 Å². The van der Waals surface area contributed by atoms with E-state index in [2.05, 4.69) is 12.2 Å². The van der Waals surface area contributed by atoms with Crippen molar-refractivity contribution in [1.82, 2.24) is 5.32 Å². The van der Waals surface area contributed by atoms with Gasteiger partial charge in [-0.1, -0.05) is 13.3 Å². The Hall–Kier alpha value is -0.313. The summed E-state index contributed by atoms with van der Waals surface area (Å²) in [6, 6.07) is 0. The molecule has 0 radical (unpaired) electrons. The van der Waals surface area contributed by atoms with Gasteiger partial charge in [-0.25, -0.2) is 0 Å². The molecule has 0 atom stereocenters. The molecule has 0 aromatic heterocycles. The van der Waals surface area contributed by atoms with Crippen LogP contribution in [0, 0.1) is 0 Å². The Balaban J connectivity index is 0. The normalized spacial score (nSPS) is 7.78. The highest BCUT2D eigenvalue weighted by Crippen LogP contribution is 1.80. The highest BCUT2D eigenvalue weighted by Gasteiger charge is 1.85. The van der Waals surface area contributed by atoms with Gasteiger partial charge in [0.25, 0.3) is 0 Å². The van der Waals surface area contributed by atoms with Gasteiger partial charge in [-0.15, -0.1) is 0 Å². The Morgan fingerprint density at radius 3 is 2.44 bits per heavy atom. The molecule has 0 aliphatic heterocycles. The third-order valence-electron chi connectivity index (χ3n) is 0.904. The second kappa shape index (κ2) is 7.69. The molecule has 2 nitrogen and oxygen atoms in total. The summed E-state index contributed by atoms with van der Waals surface area (Å²) in [5.74, 6) is 0.0680. The van der Waals surface area contributed by atoms with Gasteiger partial charge in [-0.3, -0.25) is 4.79 Å². The van der Waals surface area contributed by atoms with Crippen molar-refractivity contribution in [1.29, 1.82) is 0 Å². The van der Waals surface area contributed by atoms with Gasteiger partial charge < -0.3 is 5.32 Å². The van der Waals surface area contributed by atoms with Crippen molar-refractivity contribution in [3.63, 3.8) is 0 Å². The Labute approximate surface area is 61.0 Å². The van der Waals surface area contributed by atoms with Gasteiger partial charge in [-0.05, 0) is 17.4 Å². The number of carbonyl (C=O) groups excluding carboxylic acids is 1. The van der Waals surface area contributed by atoms with E-state index in [4.69, 9.17) is 0 Å². The lowest BCUT2D eigenvalue weighted by atomic mass is 10.3. The molecule has 0 rings (SSSR count). The topological polar surface area (TPSA) is 29.1 Å². The number of unbranched alkanes of at least 4 members (excludes halogenated alkanes) is 1. The van der Waals surface area contributed by atoms with Crippen LogP contribution in [-0.2, 0) is 4.79 Å². The van der Waals surface area contributed by atoms with E-state index in [-0.39, 0.29) is 16.9 Å². The third-order valence-corrected chi connectivity index (χ3v) is 0.904. The predicted octanol–water partition coefficient (Wildman–Crippen LogP) is -0.529. The first kappa shape index (κ1) is 11.5. The molecule has 0 aliphatic rings. The summed E-state index contributed by atoms with van der Waals surface area (Å²) in [6.45, 7) is 4.46. The van der Waals surface area contributed by atoms with E-state index in [1.165, 1.54) is 6.92 Å². The second-order valence-corrected chi connectivity index (χ2v) is 1.84. The first-order chi connectivity index (χ1) is 3.77. The van der Waals surface area contributed by atoms with Crippen LogP contribution in [0.1, 0.15) is 26.7 Å². The molecule has 0 heterocycles. The quantitative estimate of drug-likeness (QED) is 0.422. The molecule has 0 aromatic carbocycles. The molecule has 0 aliphatic carbocycles. The minimum atomic E-state index is 0. The first-order valence-corrected chi connectivity index (χ1v) is 3.01. The summed E-state index contributed by atoms with van der Waals surface area (Å²) < 4.78 is 0. The molecule has 56 valence electrons. The van der Waals surface area contributed by atoms with Crippen molar-refractivity contribution in [3.8, 4) is 0 Å². The minimum absolute atomic E-state index is 0. The van der Waals surface area contributed by atoms with Crippen LogP contribution >= 0.6 is 0 Å². The maximum atomic E-state index is 10.2. The van der Waals surface area contributed by atoms with Gasteiger partial charge in [0.1, 0.15) is 0 Å². The van der Waals surface area contributed by atoms with Gasteiger partial charge in [0, 0.05) is 13.5 Å². The monoisotopic (exact) mass is 147 g/mol. The van der Waals surface area contributed by atoms with E-state index in [1.807, 2.05) is 0 Å². The zero-order chi connectivity index (χ0) is 6.41. The van der Waals surface area contributed by atoms with Crippen molar-refractivity contribution in [2.75, 3.05) is 6.54 Å². The Morgan fingerprint density at radius 2 is 2.11 bits per heavy atom. The molecule has 1 amide bonds. The number of carbonyl (C=O) groups is 1. The van der Waals surface area contributed by atoms with Crippen LogP contribution in [0.5, 0.6) is 0 Å². The summed E-state index contributed by atoms with van der Waals surface area (Å²) in [6.07, 6.45) is 2.22. The summed E-state index contributed by atoms with van der Waals surface area (Å²) in [5.41, 5.74) is 0. The number of nitrogens with one attached hydrogen (secondary N) is 1. The fourth-order valence-corrected chi connectivity index (χ4v) is 0.441. The zero-order valence-electron chi connectivity index (χ0n) is 5.53. The third kappa shape index (κ3) is 11.3. The molecule has 0 saturated heterocycles. The van der Waals surface area contributed by atoms with Crippen LogP contribution in [0.15, 0.2) is 0 Å². The number of hydrogen-bond acceptors (Lipinski definition) is 1. The van der Waals surface area contributed by atoms with Crippen LogP contribution in [0.2, 0.25) is 0 Å². The largest absolute Gasteiger partial charge is 0.356 e. The van der Waals surface area contributed by atoms with Gasteiger partial charge in [0.05, 0.1) is 0 Å². The van der Waals surface area contributed by atoms with Crippen molar-refractivity contribution in [2.45, 2.75) is 26.7 Å². The molecule has 1 N–H and O–H groups in total. The van der Waals surface area contributed by atoms with E-state index in [1.54, 1.807) is 0 Å². The van der Waals surface area contributed by atoms with E-state index >= 15 is 0 Å². The maximum absolute atomic E-state index is 10.2. The Kier molecular flexibility index (Phi) is 9.80. The number of hydrogen-bond donors (Lipinski definition) is 1. The molecule has 0 spiro atoms. The fraction of sp³-hybridized carbons (Fsp3) is 0.833. The highest BCUT2D eigenvalue weighted by molar-refractivity contribution is 5.75. The Bertz CT molecular complexity index is 75.5. The van der Waals surface area contributed by atoms with Crippen LogP contribution in [0.4, 0.5) is 0 Å². The number of amides is 1. The zero-order valence-corrected chi connectivity index (χ0v) is 5.53. The average molecular weight is 147 g/mol. The first-order valence-electron chi connectivity index (χ1n) is 3.01. The molecular formula is C6H17NOSi. The van der Waals surface area contributed by atoms with Gasteiger partial charge in [0.15, 0.2) is 0 Å². The minimum Gasteiger partial charge on any atom is -0.356 e. The second-order valence-electron chi connectivity index (χ2n) is 1.84.